The first-order valence-corrected chi connectivity index (χ1v) is 22.6. The molecule has 3 aliphatic rings. The minimum absolute atomic E-state index is 0.0837. The van der Waals surface area contributed by atoms with E-state index in [9.17, 15) is 4.79 Å². The molecule has 0 fully saturated rings. The van der Waals surface area contributed by atoms with E-state index in [0.717, 1.165) is 84.3 Å². The Hall–Kier alpha value is -7.95. The van der Waals surface area contributed by atoms with Gasteiger partial charge in [-0.05, 0) is 111 Å². The van der Waals surface area contributed by atoms with Gasteiger partial charge in [-0.15, -0.1) is 0 Å². The van der Waals surface area contributed by atoms with Gasteiger partial charge in [-0.1, -0.05) is 173 Å². The van der Waals surface area contributed by atoms with Crippen molar-refractivity contribution in [3.8, 4) is 22.3 Å². The average Bonchev–Trinajstić information content (AvgIpc) is 3.35. The van der Waals surface area contributed by atoms with E-state index < -0.39 is 5.41 Å². The maximum Gasteiger partial charge on any atom is 0.193 e. The van der Waals surface area contributed by atoms with Crippen molar-refractivity contribution < 1.29 is 4.79 Å². The molecule has 65 heavy (non-hydrogen) atoms. The zero-order valence-corrected chi connectivity index (χ0v) is 37.0. The fourth-order valence-corrected chi connectivity index (χ4v) is 11.0. The lowest BCUT2D eigenvalue weighted by atomic mass is 9.66. The van der Waals surface area contributed by atoms with Crippen LogP contribution in [0.15, 0.2) is 212 Å². The van der Waals surface area contributed by atoms with Crippen molar-refractivity contribution in [1.82, 2.24) is 0 Å². The molecule has 4 heteroatoms. The van der Waals surface area contributed by atoms with Crippen LogP contribution in [0.5, 0.6) is 0 Å². The lowest BCUT2D eigenvalue weighted by Crippen LogP contribution is -2.31. The topological polar surface area (TPSA) is 26.8 Å². The highest BCUT2D eigenvalue weighted by Crippen LogP contribution is 2.58. The summed E-state index contributed by atoms with van der Waals surface area (Å²) in [5, 5.41) is 0. The highest BCUT2D eigenvalue weighted by atomic mass is 16.1. The second-order valence-corrected chi connectivity index (χ2v) is 18.5. The van der Waals surface area contributed by atoms with E-state index in [1.807, 2.05) is 30.3 Å². The first kappa shape index (κ1) is 38.7. The van der Waals surface area contributed by atoms with Gasteiger partial charge in [0.05, 0.1) is 34.1 Å². The minimum Gasteiger partial charge on any atom is -0.310 e. The summed E-state index contributed by atoms with van der Waals surface area (Å²) in [6, 6.07) is 76.1. The lowest BCUT2D eigenvalue weighted by molar-refractivity contribution is 0.103. The number of ketones is 1. The molecule has 312 valence electrons. The highest BCUT2D eigenvalue weighted by molar-refractivity contribution is 6.14. The maximum absolute atomic E-state index is 14.1. The number of carbonyl (C=O) groups excluding carboxylic acids is 1. The summed E-state index contributed by atoms with van der Waals surface area (Å²) in [7, 11) is 0. The Morgan fingerprint density at radius 1 is 0.308 bits per heavy atom. The molecule has 0 N–H and O–H groups in total. The molecular formula is C61H47N3O. The molecule has 9 aromatic rings. The third-order valence-corrected chi connectivity index (χ3v) is 14.1. The molecule has 9 aromatic carbocycles. The number of benzene rings is 9. The Balaban J connectivity index is 1.09. The van der Waals surface area contributed by atoms with Crippen LogP contribution in [0.3, 0.4) is 0 Å². The van der Waals surface area contributed by atoms with Crippen LogP contribution < -0.4 is 14.7 Å². The van der Waals surface area contributed by atoms with Crippen molar-refractivity contribution in [2.45, 2.75) is 38.5 Å². The molecule has 0 saturated carbocycles. The number of carbonyl (C=O) groups is 1. The Morgan fingerprint density at radius 3 is 1.52 bits per heavy atom. The van der Waals surface area contributed by atoms with Gasteiger partial charge < -0.3 is 14.7 Å². The van der Waals surface area contributed by atoms with Gasteiger partial charge >= 0.3 is 0 Å². The van der Waals surface area contributed by atoms with E-state index in [1.165, 1.54) is 22.5 Å². The molecule has 4 nitrogen and oxygen atoms in total. The lowest BCUT2D eigenvalue weighted by Gasteiger charge is -2.44. The van der Waals surface area contributed by atoms with E-state index in [0.29, 0.717) is 0 Å². The molecular weight excluding hydrogens is 791 g/mol. The Morgan fingerprint density at radius 2 is 0.800 bits per heavy atom. The Kier molecular flexibility index (Phi) is 8.66. The fraction of sp³-hybridized carbons (Fsp3) is 0.0984. The van der Waals surface area contributed by atoms with Gasteiger partial charge in [0.15, 0.2) is 5.78 Å². The van der Waals surface area contributed by atoms with Crippen molar-refractivity contribution in [2.24, 2.45) is 0 Å². The SMILES string of the molecule is CC1(C)c2ccccc2N(c2ccc3c(c2)N(c2ccccc2)c2cc(-c4ccccc4)ccc2N3c2cccc(-c3cccc4c3C(C)(C)c3ccccc3C4=O)c2)c2ccccc21. The first-order chi connectivity index (χ1) is 31.7. The predicted octanol–water partition coefficient (Wildman–Crippen LogP) is 16.3. The van der Waals surface area contributed by atoms with Crippen LogP contribution in [0.2, 0.25) is 0 Å². The third kappa shape index (κ3) is 5.87. The molecule has 2 aliphatic heterocycles. The summed E-state index contributed by atoms with van der Waals surface area (Å²) in [6.45, 7) is 9.17. The summed E-state index contributed by atoms with van der Waals surface area (Å²) >= 11 is 0. The molecule has 0 atom stereocenters. The van der Waals surface area contributed by atoms with Crippen LogP contribution in [0, 0.1) is 0 Å². The second kappa shape index (κ2) is 14.5. The summed E-state index contributed by atoms with van der Waals surface area (Å²) in [5.41, 5.74) is 20.0. The molecule has 0 bridgehead atoms. The fourth-order valence-electron chi connectivity index (χ4n) is 11.0. The van der Waals surface area contributed by atoms with E-state index in [4.69, 9.17) is 0 Å². The van der Waals surface area contributed by atoms with Crippen LogP contribution in [0.4, 0.5) is 51.2 Å². The van der Waals surface area contributed by atoms with E-state index in [-0.39, 0.29) is 11.2 Å². The summed E-state index contributed by atoms with van der Waals surface area (Å²) in [6.07, 6.45) is 0. The molecule has 0 radical (unpaired) electrons. The largest absolute Gasteiger partial charge is 0.310 e. The van der Waals surface area contributed by atoms with Crippen molar-refractivity contribution in [2.75, 3.05) is 14.7 Å². The van der Waals surface area contributed by atoms with Crippen LogP contribution in [0.1, 0.15) is 65.9 Å². The molecule has 0 aromatic heterocycles. The number of hydrogen-bond donors (Lipinski definition) is 0. The summed E-state index contributed by atoms with van der Waals surface area (Å²) < 4.78 is 0. The molecule has 1 aliphatic carbocycles. The van der Waals surface area contributed by atoms with Crippen molar-refractivity contribution in [3.63, 3.8) is 0 Å². The van der Waals surface area contributed by atoms with Gasteiger partial charge in [0.1, 0.15) is 0 Å². The summed E-state index contributed by atoms with van der Waals surface area (Å²) in [4.78, 5) is 21.4. The average molecular weight is 838 g/mol. The van der Waals surface area contributed by atoms with Crippen molar-refractivity contribution >= 4 is 57.0 Å². The van der Waals surface area contributed by atoms with E-state index >= 15 is 0 Å². The monoisotopic (exact) mass is 837 g/mol. The van der Waals surface area contributed by atoms with E-state index in [2.05, 4.69) is 224 Å². The second-order valence-electron chi connectivity index (χ2n) is 18.5. The van der Waals surface area contributed by atoms with Crippen molar-refractivity contribution in [3.05, 3.63) is 246 Å². The number of fused-ring (bicyclic) bond motifs is 6. The predicted molar refractivity (Wildman–Crippen MR) is 269 cm³/mol. The maximum atomic E-state index is 14.1. The zero-order chi connectivity index (χ0) is 44.0. The van der Waals surface area contributed by atoms with Crippen molar-refractivity contribution in [1.29, 1.82) is 0 Å². The van der Waals surface area contributed by atoms with Crippen LogP contribution in [0.25, 0.3) is 22.3 Å². The van der Waals surface area contributed by atoms with Gasteiger partial charge in [-0.3, -0.25) is 4.79 Å². The molecule has 12 rings (SSSR count). The summed E-state index contributed by atoms with van der Waals surface area (Å²) in [5.74, 6) is 0.0837. The molecule has 2 heterocycles. The smallest absolute Gasteiger partial charge is 0.193 e. The van der Waals surface area contributed by atoms with Crippen LogP contribution in [-0.4, -0.2) is 5.78 Å². The Labute approximate surface area is 381 Å². The van der Waals surface area contributed by atoms with Crippen LogP contribution >= 0.6 is 0 Å². The van der Waals surface area contributed by atoms with Gasteiger partial charge in [0.25, 0.3) is 0 Å². The normalized spacial score (nSPS) is 15.0. The van der Waals surface area contributed by atoms with Gasteiger partial charge in [-0.25, -0.2) is 0 Å². The number of hydrogen-bond acceptors (Lipinski definition) is 4. The molecule has 0 unspecified atom stereocenters. The number of para-hydroxylation sites is 3. The number of rotatable bonds is 5. The number of nitrogens with zero attached hydrogens (tertiary/aromatic N) is 3. The highest BCUT2D eigenvalue weighted by Gasteiger charge is 2.40. The third-order valence-electron chi connectivity index (χ3n) is 14.1. The molecule has 0 amide bonds. The first-order valence-electron chi connectivity index (χ1n) is 22.6. The molecule has 0 spiro atoms. The van der Waals surface area contributed by atoms with Gasteiger partial charge in [-0.2, -0.15) is 0 Å². The standard InChI is InChI=1S/C61H47N3O/c1-60(2)50-29-13-15-31-52(50)63(53-32-16-14-30-51(53)60)45-34-36-55-57(39-45)62(43-22-9-6-10-23-43)56-38-41(40-19-7-5-8-20-40)33-35-54(56)64(55)44-24-17-21-42(37-44)46-26-18-27-48-58(46)61(3,4)49-28-12-11-25-47(49)59(48)65/h5-39H,1-4H3. The van der Waals surface area contributed by atoms with E-state index in [1.54, 1.807) is 0 Å². The number of anilines is 9. The quantitative estimate of drug-likeness (QED) is 0.173. The van der Waals surface area contributed by atoms with Gasteiger partial charge in [0.2, 0.25) is 0 Å². The molecule has 0 saturated heterocycles. The Bertz CT molecular complexity index is 3320. The van der Waals surface area contributed by atoms with Gasteiger partial charge in [0, 0.05) is 39.0 Å². The zero-order valence-electron chi connectivity index (χ0n) is 37.0. The van der Waals surface area contributed by atoms with Crippen LogP contribution in [-0.2, 0) is 10.8 Å². The minimum atomic E-state index is -0.391.